The van der Waals surface area contributed by atoms with E-state index in [9.17, 15) is 0 Å². The van der Waals surface area contributed by atoms with Crippen LogP contribution in [0.4, 0.5) is 0 Å². The molecule has 0 aliphatic rings. The first-order chi connectivity index (χ1) is 8.36. The molecule has 3 heteroatoms. The molecule has 0 unspecified atom stereocenters. The van der Waals surface area contributed by atoms with Crippen molar-refractivity contribution in [2.45, 2.75) is 19.8 Å². The standard InChI is InChI=1S/C14H13NO2/c1-2-4-14-15-11-9-10(6-7-13(11)17-14)12-5-3-8-16-12/h3,5-9H,2,4H2,1H3. The number of benzene rings is 1. The van der Waals surface area contributed by atoms with Crippen molar-refractivity contribution in [3.63, 3.8) is 0 Å². The summed E-state index contributed by atoms with van der Waals surface area (Å²) >= 11 is 0. The van der Waals surface area contributed by atoms with Crippen molar-refractivity contribution in [2.75, 3.05) is 0 Å². The zero-order valence-corrected chi connectivity index (χ0v) is 9.64. The van der Waals surface area contributed by atoms with E-state index in [2.05, 4.69) is 11.9 Å². The second-order valence-corrected chi connectivity index (χ2v) is 4.02. The van der Waals surface area contributed by atoms with Crippen molar-refractivity contribution in [1.82, 2.24) is 4.98 Å². The average molecular weight is 227 g/mol. The van der Waals surface area contributed by atoms with E-state index in [-0.39, 0.29) is 0 Å². The van der Waals surface area contributed by atoms with E-state index in [1.54, 1.807) is 6.26 Å². The lowest BCUT2D eigenvalue weighted by atomic mass is 10.1. The molecule has 0 aliphatic carbocycles. The highest BCUT2D eigenvalue weighted by atomic mass is 16.3. The molecule has 0 bridgehead atoms. The van der Waals surface area contributed by atoms with Gasteiger partial charge in [-0.3, -0.25) is 0 Å². The van der Waals surface area contributed by atoms with Gasteiger partial charge in [0.15, 0.2) is 11.5 Å². The van der Waals surface area contributed by atoms with Gasteiger partial charge in [0, 0.05) is 12.0 Å². The topological polar surface area (TPSA) is 39.2 Å². The fraction of sp³-hybridized carbons (Fsp3) is 0.214. The van der Waals surface area contributed by atoms with E-state index < -0.39 is 0 Å². The highest BCUT2D eigenvalue weighted by Crippen LogP contribution is 2.25. The largest absolute Gasteiger partial charge is 0.464 e. The van der Waals surface area contributed by atoms with Gasteiger partial charge in [-0.2, -0.15) is 0 Å². The van der Waals surface area contributed by atoms with Gasteiger partial charge < -0.3 is 8.83 Å². The number of hydrogen-bond donors (Lipinski definition) is 0. The van der Waals surface area contributed by atoms with Crippen molar-refractivity contribution in [2.24, 2.45) is 0 Å². The second-order valence-electron chi connectivity index (χ2n) is 4.02. The molecule has 3 aromatic rings. The van der Waals surface area contributed by atoms with Gasteiger partial charge in [-0.15, -0.1) is 0 Å². The van der Waals surface area contributed by atoms with Gasteiger partial charge in [0.05, 0.1) is 6.26 Å². The Bertz CT molecular complexity index is 623. The summed E-state index contributed by atoms with van der Waals surface area (Å²) < 4.78 is 11.0. The molecule has 86 valence electrons. The summed E-state index contributed by atoms with van der Waals surface area (Å²) in [6.07, 6.45) is 3.59. The van der Waals surface area contributed by atoms with Crippen LogP contribution in [-0.2, 0) is 6.42 Å². The maximum absolute atomic E-state index is 5.64. The summed E-state index contributed by atoms with van der Waals surface area (Å²) in [5.41, 5.74) is 2.75. The SMILES string of the molecule is CCCc1nc2cc(-c3ccco3)ccc2o1. The number of oxazole rings is 1. The summed E-state index contributed by atoms with van der Waals surface area (Å²) in [4.78, 5) is 4.46. The van der Waals surface area contributed by atoms with Crippen molar-refractivity contribution in [1.29, 1.82) is 0 Å². The van der Waals surface area contributed by atoms with Crippen LogP contribution in [0.5, 0.6) is 0 Å². The average Bonchev–Trinajstić information content (AvgIpc) is 2.96. The Labute approximate surface area is 99.1 Å². The van der Waals surface area contributed by atoms with Crippen LogP contribution in [-0.4, -0.2) is 4.98 Å². The lowest BCUT2D eigenvalue weighted by Crippen LogP contribution is -1.80. The normalized spacial score (nSPS) is 11.1. The third-order valence-electron chi connectivity index (χ3n) is 2.70. The molecular formula is C14H13NO2. The van der Waals surface area contributed by atoms with Gasteiger partial charge in [0.1, 0.15) is 11.3 Å². The molecular weight excluding hydrogens is 214 g/mol. The summed E-state index contributed by atoms with van der Waals surface area (Å²) in [6.45, 7) is 2.11. The molecule has 1 aromatic carbocycles. The Kier molecular flexibility index (Phi) is 2.44. The predicted molar refractivity (Wildman–Crippen MR) is 65.7 cm³/mol. The first-order valence-corrected chi connectivity index (χ1v) is 5.80. The summed E-state index contributed by atoms with van der Waals surface area (Å²) in [6, 6.07) is 9.75. The maximum atomic E-state index is 5.64. The smallest absolute Gasteiger partial charge is 0.195 e. The van der Waals surface area contributed by atoms with Crippen LogP contribution < -0.4 is 0 Å². The molecule has 2 aromatic heterocycles. The molecule has 2 heterocycles. The number of aromatic nitrogens is 1. The van der Waals surface area contributed by atoms with E-state index in [0.717, 1.165) is 41.2 Å². The second kappa shape index (κ2) is 4.09. The van der Waals surface area contributed by atoms with Crippen molar-refractivity contribution < 1.29 is 8.83 Å². The molecule has 3 rings (SSSR count). The van der Waals surface area contributed by atoms with Crippen LogP contribution in [0.15, 0.2) is 45.4 Å². The van der Waals surface area contributed by atoms with Crippen LogP contribution in [0.25, 0.3) is 22.4 Å². The number of nitrogens with zero attached hydrogens (tertiary/aromatic N) is 1. The fourth-order valence-electron chi connectivity index (χ4n) is 1.89. The van der Waals surface area contributed by atoms with E-state index in [1.807, 2.05) is 30.3 Å². The number of aryl methyl sites for hydroxylation is 1. The predicted octanol–water partition coefficient (Wildman–Crippen LogP) is 4.04. The molecule has 0 saturated heterocycles. The molecule has 0 aliphatic heterocycles. The minimum absolute atomic E-state index is 0.805. The van der Waals surface area contributed by atoms with E-state index in [1.165, 1.54) is 0 Å². The Morgan fingerprint density at radius 1 is 1.24 bits per heavy atom. The van der Waals surface area contributed by atoms with Crippen LogP contribution in [0, 0.1) is 0 Å². The van der Waals surface area contributed by atoms with E-state index in [0.29, 0.717) is 0 Å². The van der Waals surface area contributed by atoms with Gasteiger partial charge >= 0.3 is 0 Å². The molecule has 0 atom stereocenters. The first kappa shape index (κ1) is 10.1. The molecule has 0 spiro atoms. The van der Waals surface area contributed by atoms with Gasteiger partial charge in [-0.05, 0) is 36.8 Å². The lowest BCUT2D eigenvalue weighted by molar-refractivity contribution is 0.525. The van der Waals surface area contributed by atoms with E-state index in [4.69, 9.17) is 8.83 Å². The molecule has 3 nitrogen and oxygen atoms in total. The van der Waals surface area contributed by atoms with Crippen molar-refractivity contribution >= 4 is 11.1 Å². The number of rotatable bonds is 3. The number of fused-ring (bicyclic) bond motifs is 1. The van der Waals surface area contributed by atoms with Crippen molar-refractivity contribution in [3.05, 3.63) is 42.5 Å². The monoisotopic (exact) mass is 227 g/mol. The Balaban J connectivity index is 2.06. The van der Waals surface area contributed by atoms with Gasteiger partial charge in [0.25, 0.3) is 0 Å². The highest BCUT2D eigenvalue weighted by molar-refractivity contribution is 5.79. The summed E-state index contributed by atoms with van der Waals surface area (Å²) in [7, 11) is 0. The lowest BCUT2D eigenvalue weighted by Gasteiger charge is -1.94. The van der Waals surface area contributed by atoms with Crippen LogP contribution in [0.1, 0.15) is 19.2 Å². The minimum atomic E-state index is 0.805. The Morgan fingerprint density at radius 2 is 2.18 bits per heavy atom. The molecule has 17 heavy (non-hydrogen) atoms. The van der Waals surface area contributed by atoms with Gasteiger partial charge in [0.2, 0.25) is 0 Å². The number of furan rings is 1. The Morgan fingerprint density at radius 3 is 2.94 bits per heavy atom. The Hall–Kier alpha value is -2.03. The van der Waals surface area contributed by atoms with E-state index >= 15 is 0 Å². The van der Waals surface area contributed by atoms with Crippen LogP contribution >= 0.6 is 0 Å². The molecule has 0 amide bonds. The molecule has 0 radical (unpaired) electrons. The summed E-state index contributed by atoms with van der Waals surface area (Å²) in [5.74, 6) is 1.66. The summed E-state index contributed by atoms with van der Waals surface area (Å²) in [5, 5.41) is 0. The number of hydrogen-bond acceptors (Lipinski definition) is 3. The molecule has 0 N–H and O–H groups in total. The zero-order chi connectivity index (χ0) is 11.7. The fourth-order valence-corrected chi connectivity index (χ4v) is 1.89. The molecule has 0 fully saturated rings. The minimum Gasteiger partial charge on any atom is -0.464 e. The van der Waals surface area contributed by atoms with Crippen molar-refractivity contribution in [3.8, 4) is 11.3 Å². The molecule has 0 saturated carbocycles. The third-order valence-corrected chi connectivity index (χ3v) is 2.70. The quantitative estimate of drug-likeness (QED) is 0.677. The zero-order valence-electron chi connectivity index (χ0n) is 9.64. The third kappa shape index (κ3) is 1.84. The van der Waals surface area contributed by atoms with Gasteiger partial charge in [-0.1, -0.05) is 6.92 Å². The van der Waals surface area contributed by atoms with Crippen LogP contribution in [0.2, 0.25) is 0 Å². The first-order valence-electron chi connectivity index (χ1n) is 5.80. The van der Waals surface area contributed by atoms with Gasteiger partial charge in [-0.25, -0.2) is 4.98 Å². The van der Waals surface area contributed by atoms with Crippen LogP contribution in [0.3, 0.4) is 0 Å². The maximum Gasteiger partial charge on any atom is 0.195 e. The highest BCUT2D eigenvalue weighted by Gasteiger charge is 2.07.